The Hall–Kier alpha value is -3.63. The highest BCUT2D eigenvalue weighted by atomic mass is 19.1. The van der Waals surface area contributed by atoms with Crippen molar-refractivity contribution in [2.45, 2.75) is 31.3 Å². The van der Waals surface area contributed by atoms with Crippen LogP contribution < -0.4 is 10.1 Å². The molecule has 0 radical (unpaired) electrons. The number of ether oxygens (including phenoxy) is 2. The quantitative estimate of drug-likeness (QED) is 0.301. The van der Waals surface area contributed by atoms with Gasteiger partial charge in [0.1, 0.15) is 17.3 Å². The lowest BCUT2D eigenvalue weighted by molar-refractivity contribution is -0.133. The second-order valence-electron chi connectivity index (χ2n) is 9.70. The Kier molecular flexibility index (Phi) is 6.55. The van der Waals surface area contributed by atoms with Crippen molar-refractivity contribution in [1.29, 1.82) is 0 Å². The van der Waals surface area contributed by atoms with Crippen LogP contribution in [-0.4, -0.2) is 77.8 Å². The minimum Gasteiger partial charge on any atom is -0.508 e. The van der Waals surface area contributed by atoms with Crippen LogP contribution in [-0.2, 0) is 16.0 Å². The molecule has 37 heavy (non-hydrogen) atoms. The lowest BCUT2D eigenvalue weighted by Gasteiger charge is -2.42. The van der Waals surface area contributed by atoms with Crippen LogP contribution in [0.2, 0.25) is 0 Å². The van der Waals surface area contributed by atoms with E-state index >= 15 is 0 Å². The highest BCUT2D eigenvalue weighted by Crippen LogP contribution is 2.49. The lowest BCUT2D eigenvalue weighted by atomic mass is 9.81. The molecule has 196 valence electrons. The van der Waals surface area contributed by atoms with Gasteiger partial charge in [-0.1, -0.05) is 12.1 Å². The first kappa shape index (κ1) is 25.0. The summed E-state index contributed by atoms with van der Waals surface area (Å²) in [5, 5.41) is 14.2. The number of halogens is 1. The topological polar surface area (TPSA) is 107 Å². The molecule has 3 amide bonds. The van der Waals surface area contributed by atoms with Crippen LogP contribution in [0.25, 0.3) is 10.9 Å². The van der Waals surface area contributed by atoms with Crippen molar-refractivity contribution in [3.63, 3.8) is 0 Å². The van der Waals surface area contributed by atoms with Gasteiger partial charge in [-0.15, -0.1) is 0 Å². The number of hydrogen-bond donors (Lipinski definition) is 3. The van der Waals surface area contributed by atoms with Crippen molar-refractivity contribution in [1.82, 2.24) is 20.1 Å². The molecular weight excluding hydrogens is 479 g/mol. The molecule has 5 rings (SSSR count). The van der Waals surface area contributed by atoms with E-state index in [0.717, 1.165) is 10.9 Å². The summed E-state index contributed by atoms with van der Waals surface area (Å²) in [7, 11) is 3.04. The number of phenols is 1. The summed E-state index contributed by atoms with van der Waals surface area (Å²) >= 11 is 0. The average molecular weight is 511 g/mol. The molecule has 1 saturated heterocycles. The largest absolute Gasteiger partial charge is 0.508 e. The van der Waals surface area contributed by atoms with Crippen molar-refractivity contribution in [2.75, 3.05) is 40.5 Å². The summed E-state index contributed by atoms with van der Waals surface area (Å²) in [6, 6.07) is 8.59. The van der Waals surface area contributed by atoms with Crippen LogP contribution in [0.4, 0.5) is 9.18 Å². The summed E-state index contributed by atoms with van der Waals surface area (Å²) in [5.41, 5.74) is 1.56. The molecule has 2 aliphatic heterocycles. The van der Waals surface area contributed by atoms with E-state index in [1.807, 2.05) is 6.07 Å². The summed E-state index contributed by atoms with van der Waals surface area (Å²) in [5.74, 6) is -0.625. The number of carbonyl (C=O) groups excluding carboxylic acids is 2. The number of rotatable bonds is 9. The van der Waals surface area contributed by atoms with E-state index in [-0.39, 0.29) is 36.4 Å². The van der Waals surface area contributed by atoms with Gasteiger partial charge in [0.25, 0.3) is 5.91 Å². The second-order valence-corrected chi connectivity index (χ2v) is 9.70. The Bertz CT molecular complexity index is 1360. The molecule has 2 aromatic carbocycles. The standard InChI is InChI=1S/C27H31FN4O5/c1-27-15-19-18-13-22(37-3)20(28)14-21(18)30-23(19)24(16-6-4-7-17(33)12-16)32(27)26(35)31(25(27)34)10-5-8-29-9-11-36-2/h4,6-7,12-14,24,29-30,33H,5,8-11,15H2,1-3H3/t24-,27+/m1/s1. The number of urea groups is 1. The van der Waals surface area contributed by atoms with E-state index in [0.29, 0.717) is 42.9 Å². The van der Waals surface area contributed by atoms with Gasteiger partial charge in [0.05, 0.1) is 13.7 Å². The lowest BCUT2D eigenvalue weighted by Crippen LogP contribution is -2.53. The fourth-order valence-corrected chi connectivity index (χ4v) is 5.57. The molecule has 10 heteroatoms. The molecule has 3 heterocycles. The normalized spacial score (nSPS) is 21.0. The van der Waals surface area contributed by atoms with Crippen molar-refractivity contribution in [3.05, 3.63) is 59.0 Å². The number of nitrogens with zero attached hydrogens (tertiary/aromatic N) is 2. The molecule has 2 atom stereocenters. The first-order chi connectivity index (χ1) is 17.8. The Morgan fingerprint density at radius 2 is 2.03 bits per heavy atom. The first-order valence-corrected chi connectivity index (χ1v) is 12.3. The Morgan fingerprint density at radius 3 is 2.76 bits per heavy atom. The van der Waals surface area contributed by atoms with Gasteiger partial charge in [0, 0.05) is 49.3 Å². The van der Waals surface area contributed by atoms with Crippen LogP contribution in [0.3, 0.4) is 0 Å². The molecule has 0 bridgehead atoms. The van der Waals surface area contributed by atoms with Gasteiger partial charge >= 0.3 is 6.03 Å². The fourth-order valence-electron chi connectivity index (χ4n) is 5.57. The maximum Gasteiger partial charge on any atom is 0.328 e. The zero-order chi connectivity index (χ0) is 26.3. The van der Waals surface area contributed by atoms with E-state index in [1.54, 1.807) is 43.2 Å². The van der Waals surface area contributed by atoms with Gasteiger partial charge in [-0.05, 0) is 49.2 Å². The third kappa shape index (κ3) is 4.10. The van der Waals surface area contributed by atoms with Crippen LogP contribution in [0.15, 0.2) is 36.4 Å². The van der Waals surface area contributed by atoms with Crippen LogP contribution in [0.5, 0.6) is 11.5 Å². The number of imide groups is 1. The number of methoxy groups -OCH3 is 2. The third-order valence-corrected chi connectivity index (χ3v) is 7.34. The number of phenolic OH excluding ortho intramolecular Hbond substituents is 1. The SMILES string of the molecule is COCCNCCCN1C(=O)N2[C@H](c3cccc(O)c3)c3[nH]c4cc(F)c(OC)cc4c3C[C@@]2(C)C1=O. The van der Waals surface area contributed by atoms with Crippen molar-refractivity contribution in [3.8, 4) is 11.5 Å². The minimum atomic E-state index is -1.15. The zero-order valence-corrected chi connectivity index (χ0v) is 21.1. The highest BCUT2D eigenvalue weighted by Gasteiger charge is 2.60. The van der Waals surface area contributed by atoms with Crippen molar-refractivity contribution in [2.24, 2.45) is 0 Å². The molecular formula is C27H31FN4O5. The van der Waals surface area contributed by atoms with Crippen LogP contribution in [0, 0.1) is 5.82 Å². The van der Waals surface area contributed by atoms with Gasteiger partial charge in [-0.2, -0.15) is 0 Å². The van der Waals surface area contributed by atoms with E-state index in [4.69, 9.17) is 9.47 Å². The fraction of sp³-hybridized carbons (Fsp3) is 0.407. The highest BCUT2D eigenvalue weighted by molar-refractivity contribution is 6.08. The average Bonchev–Trinajstić information content (AvgIpc) is 3.30. The van der Waals surface area contributed by atoms with Crippen LogP contribution >= 0.6 is 0 Å². The monoisotopic (exact) mass is 510 g/mol. The summed E-state index contributed by atoms with van der Waals surface area (Å²) < 4.78 is 24.8. The third-order valence-electron chi connectivity index (χ3n) is 7.34. The molecule has 2 aliphatic rings. The second kappa shape index (κ2) is 9.68. The summed E-state index contributed by atoms with van der Waals surface area (Å²) in [6.07, 6.45) is 0.867. The van der Waals surface area contributed by atoms with Gasteiger partial charge in [-0.25, -0.2) is 9.18 Å². The number of aromatic hydroxyl groups is 1. The maximum atomic E-state index is 14.5. The molecule has 1 aromatic heterocycles. The summed E-state index contributed by atoms with van der Waals surface area (Å²) in [6.45, 7) is 3.97. The molecule has 9 nitrogen and oxygen atoms in total. The van der Waals surface area contributed by atoms with E-state index < -0.39 is 17.4 Å². The smallest absolute Gasteiger partial charge is 0.328 e. The molecule has 0 saturated carbocycles. The van der Waals surface area contributed by atoms with Gasteiger partial charge < -0.3 is 24.9 Å². The van der Waals surface area contributed by atoms with Gasteiger partial charge in [0.15, 0.2) is 11.6 Å². The number of aromatic amines is 1. The Balaban J connectivity index is 1.57. The van der Waals surface area contributed by atoms with Gasteiger partial charge in [-0.3, -0.25) is 14.6 Å². The number of carbonyl (C=O) groups is 2. The molecule has 0 spiro atoms. The number of H-pyrrole nitrogens is 1. The van der Waals surface area contributed by atoms with E-state index in [9.17, 15) is 19.1 Å². The van der Waals surface area contributed by atoms with E-state index in [2.05, 4.69) is 10.3 Å². The Labute approximate surface area is 214 Å². The number of fused-ring (bicyclic) bond motifs is 4. The predicted octanol–water partition coefficient (Wildman–Crippen LogP) is 3.32. The number of amides is 3. The number of aromatic nitrogens is 1. The number of benzene rings is 2. The predicted molar refractivity (Wildman–Crippen MR) is 135 cm³/mol. The summed E-state index contributed by atoms with van der Waals surface area (Å²) in [4.78, 5) is 33.8. The maximum absolute atomic E-state index is 14.5. The number of nitrogens with one attached hydrogen (secondary N) is 2. The molecule has 0 aliphatic carbocycles. The van der Waals surface area contributed by atoms with Crippen LogP contribution in [0.1, 0.15) is 36.2 Å². The molecule has 1 fully saturated rings. The number of hydrogen-bond acceptors (Lipinski definition) is 6. The molecule has 0 unspecified atom stereocenters. The Morgan fingerprint density at radius 1 is 1.22 bits per heavy atom. The minimum absolute atomic E-state index is 0.0483. The zero-order valence-electron chi connectivity index (χ0n) is 21.1. The molecule has 3 N–H and O–H groups in total. The van der Waals surface area contributed by atoms with Gasteiger partial charge in [0.2, 0.25) is 0 Å². The first-order valence-electron chi connectivity index (χ1n) is 12.3. The van der Waals surface area contributed by atoms with Crippen molar-refractivity contribution >= 4 is 22.8 Å². The van der Waals surface area contributed by atoms with E-state index in [1.165, 1.54) is 18.1 Å². The van der Waals surface area contributed by atoms with Crippen molar-refractivity contribution < 1.29 is 28.6 Å². The molecule has 3 aromatic rings.